The van der Waals surface area contributed by atoms with E-state index in [1.54, 1.807) is 0 Å². The number of hydrogen-bond acceptors (Lipinski definition) is 5. The molecule has 24 heavy (non-hydrogen) atoms. The van der Waals surface area contributed by atoms with Crippen LogP contribution in [0.15, 0.2) is 0 Å². The molecule has 3 rings (SSSR count). The van der Waals surface area contributed by atoms with Gasteiger partial charge in [-0.3, -0.25) is 0 Å². The zero-order chi connectivity index (χ0) is 16.4. The predicted molar refractivity (Wildman–Crippen MR) is 92.4 cm³/mol. The summed E-state index contributed by atoms with van der Waals surface area (Å²) in [5.41, 5.74) is -0.462. The Morgan fingerprint density at radius 1 is 1.29 bits per heavy atom. The third-order valence-electron chi connectivity index (χ3n) is 5.63. The molecule has 1 saturated heterocycles. The van der Waals surface area contributed by atoms with Gasteiger partial charge in [0.2, 0.25) is 0 Å². The maximum absolute atomic E-state index is 12.1. The van der Waals surface area contributed by atoms with Crippen molar-refractivity contribution in [3.05, 3.63) is 0 Å². The number of nitrogens with zero attached hydrogens (tertiary/aromatic N) is 2. The van der Waals surface area contributed by atoms with Crippen molar-refractivity contribution in [3.63, 3.8) is 0 Å². The number of carbonyl (C=O) groups is 2. The van der Waals surface area contributed by atoms with Gasteiger partial charge in [-0.05, 0) is 45.2 Å². The molecule has 3 fully saturated rings. The Labute approximate surface area is 150 Å². The Morgan fingerprint density at radius 2 is 2.00 bits per heavy atom. The second-order valence-corrected chi connectivity index (χ2v) is 7.60. The molecule has 0 radical (unpaired) electrons. The van der Waals surface area contributed by atoms with Gasteiger partial charge in [0, 0.05) is 6.54 Å². The van der Waals surface area contributed by atoms with Gasteiger partial charge in [0.05, 0.1) is 6.54 Å². The number of carbonyl (C=O) groups excluding carboxylic acids is 2. The van der Waals surface area contributed by atoms with Crippen molar-refractivity contribution in [2.45, 2.75) is 50.5 Å². The Bertz CT molecular complexity index is 474. The van der Waals surface area contributed by atoms with Gasteiger partial charge >= 0.3 is 12.2 Å². The van der Waals surface area contributed by atoms with E-state index < -0.39 is 17.8 Å². The SMILES string of the molecule is CN(C)CCOC(=O)N1CC2(CC[C@H]3CCCC[C@@H]3C2)OC1=O.Cl. The maximum Gasteiger partial charge on any atom is 0.420 e. The lowest BCUT2D eigenvalue weighted by atomic mass is 9.66. The van der Waals surface area contributed by atoms with Crippen molar-refractivity contribution in [3.8, 4) is 0 Å². The van der Waals surface area contributed by atoms with Crippen LogP contribution in [0.5, 0.6) is 0 Å². The highest BCUT2D eigenvalue weighted by Crippen LogP contribution is 2.47. The zero-order valence-electron chi connectivity index (χ0n) is 14.7. The summed E-state index contributed by atoms with van der Waals surface area (Å²) in [4.78, 5) is 27.4. The summed E-state index contributed by atoms with van der Waals surface area (Å²) < 4.78 is 10.9. The molecule has 2 aliphatic carbocycles. The highest BCUT2D eigenvalue weighted by atomic mass is 35.5. The molecule has 0 N–H and O–H groups in total. The van der Waals surface area contributed by atoms with Crippen LogP contribution < -0.4 is 0 Å². The Hall–Kier alpha value is -1.01. The molecule has 0 bridgehead atoms. The lowest BCUT2D eigenvalue weighted by Crippen LogP contribution is -2.44. The standard InChI is InChI=1S/C17H28N2O4.ClH/c1-18(2)9-10-22-15(20)19-12-17(23-16(19)21)8-7-13-5-3-4-6-14(13)11-17;/h13-14H,3-12H2,1-2H3;1H/t13-,14-,17?;/m1./s1. The van der Waals surface area contributed by atoms with E-state index >= 15 is 0 Å². The van der Waals surface area contributed by atoms with Crippen LogP contribution >= 0.6 is 12.4 Å². The Kier molecular flexibility index (Phi) is 6.37. The first-order chi connectivity index (χ1) is 11.0. The van der Waals surface area contributed by atoms with Gasteiger partial charge in [-0.15, -0.1) is 12.4 Å². The first-order valence-electron chi connectivity index (χ1n) is 8.81. The molecule has 2 saturated carbocycles. The summed E-state index contributed by atoms with van der Waals surface area (Å²) in [5, 5.41) is 0. The van der Waals surface area contributed by atoms with Gasteiger partial charge in [0.25, 0.3) is 0 Å². The summed E-state index contributed by atoms with van der Waals surface area (Å²) in [6.07, 6.45) is 6.95. The van der Waals surface area contributed by atoms with E-state index in [9.17, 15) is 9.59 Å². The van der Waals surface area contributed by atoms with Crippen LogP contribution in [-0.4, -0.2) is 61.4 Å². The molecule has 0 aromatic rings. The van der Waals surface area contributed by atoms with Gasteiger partial charge in [0.15, 0.2) is 0 Å². The molecule has 0 aromatic heterocycles. The smallest absolute Gasteiger partial charge is 0.420 e. The van der Waals surface area contributed by atoms with Gasteiger partial charge in [-0.2, -0.15) is 0 Å². The monoisotopic (exact) mass is 360 g/mol. The summed E-state index contributed by atoms with van der Waals surface area (Å²) >= 11 is 0. The van der Waals surface area contributed by atoms with Crippen molar-refractivity contribution >= 4 is 24.6 Å². The lowest BCUT2D eigenvalue weighted by Gasteiger charge is -2.43. The third kappa shape index (κ3) is 4.14. The van der Waals surface area contributed by atoms with Crippen molar-refractivity contribution in [2.24, 2.45) is 11.8 Å². The Morgan fingerprint density at radius 3 is 2.71 bits per heavy atom. The fourth-order valence-electron chi connectivity index (χ4n) is 4.36. The van der Waals surface area contributed by atoms with Crippen LogP contribution in [0.4, 0.5) is 9.59 Å². The van der Waals surface area contributed by atoms with E-state index in [1.807, 2.05) is 19.0 Å². The number of likely N-dealkylation sites (N-methyl/N-ethyl adjacent to an activating group) is 1. The first-order valence-corrected chi connectivity index (χ1v) is 8.81. The molecule has 3 atom stereocenters. The number of imide groups is 1. The summed E-state index contributed by atoms with van der Waals surface area (Å²) in [6.45, 7) is 1.28. The third-order valence-corrected chi connectivity index (χ3v) is 5.63. The minimum Gasteiger partial charge on any atom is -0.448 e. The molecular formula is C17H29ClN2O4. The minimum absolute atomic E-state index is 0. The van der Waals surface area contributed by atoms with Crippen LogP contribution in [0.1, 0.15) is 44.9 Å². The van der Waals surface area contributed by atoms with Crippen molar-refractivity contribution in [2.75, 3.05) is 33.8 Å². The van der Waals surface area contributed by atoms with Crippen molar-refractivity contribution < 1.29 is 19.1 Å². The zero-order valence-corrected chi connectivity index (χ0v) is 15.5. The molecule has 7 heteroatoms. The summed E-state index contributed by atoms with van der Waals surface area (Å²) in [6, 6.07) is 0. The van der Waals surface area contributed by atoms with E-state index in [2.05, 4.69) is 0 Å². The van der Waals surface area contributed by atoms with Crippen LogP contribution in [0.25, 0.3) is 0 Å². The summed E-state index contributed by atoms with van der Waals surface area (Å²) in [5.74, 6) is 1.43. The molecule has 1 heterocycles. The van der Waals surface area contributed by atoms with Gasteiger partial charge in [0.1, 0.15) is 12.2 Å². The number of ether oxygens (including phenoxy) is 2. The molecule has 1 unspecified atom stereocenters. The van der Waals surface area contributed by atoms with E-state index in [4.69, 9.17) is 9.47 Å². The number of rotatable bonds is 3. The molecule has 1 aliphatic heterocycles. The average molecular weight is 361 g/mol. The summed E-state index contributed by atoms with van der Waals surface area (Å²) in [7, 11) is 3.82. The second kappa shape index (κ2) is 7.91. The van der Waals surface area contributed by atoms with Gasteiger partial charge in [-0.25, -0.2) is 14.5 Å². The number of amides is 2. The minimum atomic E-state index is -0.570. The number of hydrogen-bond donors (Lipinski definition) is 0. The molecule has 3 aliphatic rings. The molecule has 1 spiro atoms. The van der Waals surface area contributed by atoms with E-state index in [0.717, 1.165) is 30.1 Å². The highest BCUT2D eigenvalue weighted by molar-refractivity contribution is 5.89. The lowest BCUT2D eigenvalue weighted by molar-refractivity contribution is -0.0233. The molecule has 2 amide bonds. The van der Waals surface area contributed by atoms with E-state index in [0.29, 0.717) is 19.0 Å². The first kappa shape index (κ1) is 19.3. The van der Waals surface area contributed by atoms with Crippen molar-refractivity contribution in [1.82, 2.24) is 9.80 Å². The predicted octanol–water partition coefficient (Wildman–Crippen LogP) is 3.29. The second-order valence-electron chi connectivity index (χ2n) is 7.60. The van der Waals surface area contributed by atoms with E-state index in [1.165, 1.54) is 25.7 Å². The van der Waals surface area contributed by atoms with Crippen LogP contribution in [-0.2, 0) is 9.47 Å². The number of halogens is 1. The fraction of sp³-hybridized carbons (Fsp3) is 0.882. The highest BCUT2D eigenvalue weighted by Gasteiger charge is 2.52. The largest absolute Gasteiger partial charge is 0.448 e. The quantitative estimate of drug-likeness (QED) is 0.772. The molecule has 138 valence electrons. The Balaban J connectivity index is 0.00000208. The van der Waals surface area contributed by atoms with Gasteiger partial charge < -0.3 is 14.4 Å². The van der Waals surface area contributed by atoms with Crippen LogP contribution in [0, 0.1) is 11.8 Å². The average Bonchev–Trinajstić information content (AvgIpc) is 2.83. The maximum atomic E-state index is 12.1. The molecule has 6 nitrogen and oxygen atoms in total. The fourth-order valence-corrected chi connectivity index (χ4v) is 4.36. The van der Waals surface area contributed by atoms with Crippen LogP contribution in [0.2, 0.25) is 0 Å². The molecule has 0 aromatic carbocycles. The normalized spacial score (nSPS) is 32.3. The van der Waals surface area contributed by atoms with E-state index in [-0.39, 0.29) is 19.0 Å². The number of fused-ring (bicyclic) bond motifs is 1. The van der Waals surface area contributed by atoms with Gasteiger partial charge in [-0.1, -0.05) is 25.7 Å². The molecular weight excluding hydrogens is 332 g/mol. The van der Waals surface area contributed by atoms with Crippen LogP contribution in [0.3, 0.4) is 0 Å². The van der Waals surface area contributed by atoms with Crippen molar-refractivity contribution in [1.29, 1.82) is 0 Å². The topological polar surface area (TPSA) is 59.1 Å².